The van der Waals surface area contributed by atoms with Gasteiger partial charge in [0.1, 0.15) is 39.1 Å². The molecule has 7 N–H and O–H groups in total. The van der Waals surface area contributed by atoms with Crippen LogP contribution in [0.25, 0.3) is 0 Å². The Labute approximate surface area is 503 Å². The summed E-state index contributed by atoms with van der Waals surface area (Å²) in [5.74, 6) is -0.686. The molecule has 0 unspecified atom stereocenters. The van der Waals surface area contributed by atoms with Crippen LogP contribution in [0.2, 0.25) is 0 Å². The van der Waals surface area contributed by atoms with E-state index in [0.29, 0.717) is 82.6 Å². The van der Waals surface area contributed by atoms with Crippen LogP contribution in [-0.4, -0.2) is 236 Å². The summed E-state index contributed by atoms with van der Waals surface area (Å²) in [6.45, 7) is 12.3. The molecule has 0 aliphatic rings. The van der Waals surface area contributed by atoms with Gasteiger partial charge in [-0.1, -0.05) is 13.8 Å². The zero-order valence-corrected chi connectivity index (χ0v) is 52.9. The standard InChI is InChI=1S/C19H36N4O7.C16H27NO7S.C10H18N2O6.C8H16O4/c1-5-15(24)23-19(9-6-12-28-16(25)20-2,10-7-13-29-17(26)21-3)11-8-14-30-18(27)22-4;1-5-15(21)17-6-7-25-11-16(8-22-12(2)18,9-23-13(3)19)10-24-14(4)20;1-7(13)6-18-8(4-11-9(14)16-2)5-12-10(15)17-3;1-7(9)4-12-8(5-10-2)6-11-3/h5-14H2,1-4H3,(H,20,25)(H,21,26)(H,22,27)(H,23,24);5-11H2,1-4H3,(H,17,21);8H,4-6H2,1-3H3,(H,11,14)(H,12,15);8H,4-6H2,1-3H3. The molecule has 0 fully saturated rings. The van der Waals surface area contributed by atoms with Gasteiger partial charge in [0.05, 0.1) is 58.8 Å². The van der Waals surface area contributed by atoms with Crippen molar-refractivity contribution in [3.8, 4) is 0 Å². The smallest absolute Gasteiger partial charge is 0.406 e. The normalized spacial score (nSPS) is 10.4. The molecule has 0 bridgehead atoms. The van der Waals surface area contributed by atoms with E-state index in [-0.39, 0.29) is 95.4 Å². The summed E-state index contributed by atoms with van der Waals surface area (Å²) in [6.07, 6.45) is 0.493. The van der Waals surface area contributed by atoms with Gasteiger partial charge in [-0.15, -0.1) is 0 Å². The van der Waals surface area contributed by atoms with Crippen molar-refractivity contribution in [3.05, 3.63) is 0 Å². The minimum absolute atomic E-state index is 0.00667. The van der Waals surface area contributed by atoms with Gasteiger partial charge in [-0.2, -0.15) is 11.8 Å². The topological polar surface area (TPSA) is 400 Å². The molecule has 0 rings (SSSR count). The second-order valence-corrected chi connectivity index (χ2v) is 19.3. The SMILES string of the molecule is CCC(=O)NC(CCCOC(=O)NC)(CCCOC(=O)NC)CCCOC(=O)NC.CCC(=O)NCCSCC(COC(C)=O)(COC(C)=O)COC(C)=O.COC(=O)NCC(CNC(=O)OC)OCC(C)=O.COCC(COC)OCC(C)=O. The number of carbonyl (C=O) groups is 12. The predicted octanol–water partition coefficient (Wildman–Crippen LogP) is 2.51. The van der Waals surface area contributed by atoms with Crippen LogP contribution < -0.4 is 37.2 Å². The fraction of sp³-hybridized carbons (Fsp3) is 0.774. The van der Waals surface area contributed by atoms with Crippen LogP contribution in [0.5, 0.6) is 0 Å². The molecule has 0 aromatic rings. The molecule has 0 radical (unpaired) electrons. The van der Waals surface area contributed by atoms with Gasteiger partial charge in [-0.25, -0.2) is 24.0 Å². The number of amides is 7. The number of carbonyl (C=O) groups excluding carboxylic acids is 12. The van der Waals surface area contributed by atoms with Crippen molar-refractivity contribution < 1.29 is 114 Å². The van der Waals surface area contributed by atoms with Crippen LogP contribution in [0, 0.1) is 5.41 Å². The molecule has 0 saturated carbocycles. The summed E-state index contributed by atoms with van der Waals surface area (Å²) in [6, 6.07) is 0. The van der Waals surface area contributed by atoms with Crippen molar-refractivity contribution in [3.63, 3.8) is 0 Å². The Bertz CT molecular complexity index is 1800. The minimum atomic E-state index is -0.845. The third-order valence-electron chi connectivity index (χ3n) is 10.5. The zero-order valence-electron chi connectivity index (χ0n) is 52.1. The number of thioether (sulfide) groups is 1. The molecular weight excluding hydrogens is 1150 g/mol. The molecule has 0 spiro atoms. The van der Waals surface area contributed by atoms with Gasteiger partial charge in [0.2, 0.25) is 11.8 Å². The first-order valence-electron chi connectivity index (χ1n) is 27.1. The van der Waals surface area contributed by atoms with E-state index in [1.807, 2.05) is 0 Å². The highest BCUT2D eigenvalue weighted by Gasteiger charge is 2.35. The highest BCUT2D eigenvalue weighted by atomic mass is 32.2. The van der Waals surface area contributed by atoms with Gasteiger partial charge in [-0.3, -0.25) is 33.6 Å². The Morgan fingerprint density at radius 1 is 0.471 bits per heavy atom. The lowest BCUT2D eigenvalue weighted by molar-refractivity contribution is -0.157. The molecule has 0 aromatic carbocycles. The third-order valence-corrected chi connectivity index (χ3v) is 11.9. The average molecular weight is 1250 g/mol. The highest BCUT2D eigenvalue weighted by Crippen LogP contribution is 2.27. The first kappa shape index (κ1) is 84.7. The molecule has 0 heterocycles. The molecule has 31 nitrogen and oxygen atoms in total. The van der Waals surface area contributed by atoms with Crippen molar-refractivity contribution >= 4 is 83.5 Å². The fourth-order valence-corrected chi connectivity index (χ4v) is 7.37. The number of esters is 3. The van der Waals surface area contributed by atoms with E-state index in [4.69, 9.17) is 47.4 Å². The molecule has 0 atom stereocenters. The van der Waals surface area contributed by atoms with Crippen molar-refractivity contribution in [1.29, 1.82) is 0 Å². The molecule has 0 saturated heterocycles. The molecule has 0 aromatic heterocycles. The van der Waals surface area contributed by atoms with Gasteiger partial charge in [0.25, 0.3) is 0 Å². The largest absolute Gasteiger partial charge is 0.465 e. The van der Waals surface area contributed by atoms with Crippen molar-refractivity contribution in [2.75, 3.05) is 147 Å². The van der Waals surface area contributed by atoms with Gasteiger partial charge in [0, 0.05) is 106 Å². The summed E-state index contributed by atoms with van der Waals surface area (Å²) in [4.78, 5) is 134. The monoisotopic (exact) mass is 1250 g/mol. The molecular formula is C53H97N7O24S. The second-order valence-electron chi connectivity index (χ2n) is 18.2. The summed E-state index contributed by atoms with van der Waals surface area (Å²) < 4.78 is 59.3. The van der Waals surface area contributed by atoms with Crippen LogP contribution in [0.4, 0.5) is 24.0 Å². The fourth-order valence-electron chi connectivity index (χ4n) is 6.30. The van der Waals surface area contributed by atoms with E-state index >= 15 is 0 Å². The lowest BCUT2D eigenvalue weighted by Crippen LogP contribution is -2.49. The molecule has 0 aliphatic carbocycles. The molecule has 494 valence electrons. The van der Waals surface area contributed by atoms with E-state index in [1.165, 1.54) is 81.7 Å². The van der Waals surface area contributed by atoms with Gasteiger partial charge < -0.3 is 94.1 Å². The Kier molecular flexibility index (Phi) is 54.9. The summed E-state index contributed by atoms with van der Waals surface area (Å²) in [5.41, 5.74) is -1.44. The highest BCUT2D eigenvalue weighted by molar-refractivity contribution is 7.99. The third kappa shape index (κ3) is 54.9. The summed E-state index contributed by atoms with van der Waals surface area (Å²) in [5, 5.41) is 17.8. The first-order valence-corrected chi connectivity index (χ1v) is 28.3. The number of alkyl carbamates (subject to hydrolysis) is 5. The molecule has 0 aliphatic heterocycles. The number of methoxy groups -OCH3 is 4. The van der Waals surface area contributed by atoms with Crippen molar-refractivity contribution in [2.24, 2.45) is 5.41 Å². The molecule has 7 amide bonds. The minimum Gasteiger partial charge on any atom is -0.465 e. The van der Waals surface area contributed by atoms with E-state index in [9.17, 15) is 57.5 Å². The maximum absolute atomic E-state index is 12.2. The van der Waals surface area contributed by atoms with Crippen LogP contribution >= 0.6 is 11.8 Å². The maximum atomic E-state index is 12.2. The Balaban J connectivity index is -0.000000539. The van der Waals surface area contributed by atoms with E-state index in [1.54, 1.807) is 28.1 Å². The number of hydrogen-bond donors (Lipinski definition) is 7. The number of ether oxygens (including phenoxy) is 12. The summed E-state index contributed by atoms with van der Waals surface area (Å²) >= 11 is 1.48. The van der Waals surface area contributed by atoms with E-state index < -0.39 is 65.4 Å². The Hall–Kier alpha value is -6.77. The number of rotatable bonds is 40. The van der Waals surface area contributed by atoms with Crippen molar-refractivity contribution in [1.82, 2.24) is 37.2 Å². The van der Waals surface area contributed by atoms with Crippen molar-refractivity contribution in [2.45, 2.75) is 118 Å². The predicted molar refractivity (Wildman–Crippen MR) is 308 cm³/mol. The number of hydrogen-bond acceptors (Lipinski definition) is 25. The van der Waals surface area contributed by atoms with Gasteiger partial charge in [0.15, 0.2) is 11.6 Å². The Morgan fingerprint density at radius 2 is 0.835 bits per heavy atom. The average Bonchev–Trinajstić information content (AvgIpc) is 3.62. The van der Waals surface area contributed by atoms with Gasteiger partial charge >= 0.3 is 48.4 Å². The lowest BCUT2D eigenvalue weighted by atomic mass is 9.83. The van der Waals surface area contributed by atoms with E-state index in [0.717, 1.165) is 0 Å². The van der Waals surface area contributed by atoms with Crippen LogP contribution in [-0.2, 0) is 90.4 Å². The Morgan fingerprint density at radius 3 is 1.14 bits per heavy atom. The number of Topliss-reactive ketones (excluding diaryl/α,β-unsaturated/α-hetero) is 2. The zero-order chi connectivity index (χ0) is 65.5. The van der Waals surface area contributed by atoms with Gasteiger partial charge in [-0.05, 0) is 52.4 Å². The number of nitrogens with one attached hydrogen (secondary N) is 7. The van der Waals surface area contributed by atoms with Crippen LogP contribution in [0.15, 0.2) is 0 Å². The maximum Gasteiger partial charge on any atom is 0.406 e. The molecule has 32 heteroatoms. The van der Waals surface area contributed by atoms with Crippen LogP contribution in [0.3, 0.4) is 0 Å². The quantitative estimate of drug-likeness (QED) is 0.0263. The first-order chi connectivity index (χ1) is 40.2. The van der Waals surface area contributed by atoms with Crippen LogP contribution in [0.1, 0.15) is 99.8 Å². The second kappa shape index (κ2) is 55.1. The summed E-state index contributed by atoms with van der Waals surface area (Å²) in [7, 11) is 10.1. The molecule has 85 heavy (non-hydrogen) atoms. The number of ketones is 2. The lowest BCUT2D eigenvalue weighted by Gasteiger charge is -2.35. The van der Waals surface area contributed by atoms with E-state index in [2.05, 4.69) is 46.7 Å².